The Balaban J connectivity index is 2.61. The number of benzene rings is 1. The number of hydrogen-bond acceptors (Lipinski definition) is 5. The lowest BCUT2D eigenvalue weighted by Crippen LogP contribution is -2.47. The molecule has 1 unspecified atom stereocenters. The number of rotatable bonds is 5. The second kappa shape index (κ2) is 7.94. The maximum atomic E-state index is 12.5. The number of amides is 2. The molecule has 0 aromatic heterocycles. The van der Waals surface area contributed by atoms with Crippen molar-refractivity contribution in [1.82, 2.24) is 10.2 Å². The summed E-state index contributed by atoms with van der Waals surface area (Å²) in [4.78, 5) is 26.4. The van der Waals surface area contributed by atoms with Crippen LogP contribution in [0.15, 0.2) is 23.4 Å². The summed E-state index contributed by atoms with van der Waals surface area (Å²) in [5.41, 5.74) is 1.55. The third-order valence-corrected chi connectivity index (χ3v) is 4.83. The topological polar surface area (TPSA) is 88.1 Å². The summed E-state index contributed by atoms with van der Waals surface area (Å²) >= 11 is 1.97. The zero-order chi connectivity index (χ0) is 18.7. The quantitative estimate of drug-likeness (QED) is 0.521. The van der Waals surface area contributed by atoms with Crippen LogP contribution >= 0.6 is 22.6 Å². The fourth-order valence-electron chi connectivity index (χ4n) is 2.80. The van der Waals surface area contributed by atoms with Crippen molar-refractivity contribution in [2.75, 3.05) is 20.3 Å². The van der Waals surface area contributed by atoms with Crippen molar-refractivity contribution >= 4 is 34.6 Å². The predicted octanol–water partition coefficient (Wildman–Crippen LogP) is 2.93. The number of esters is 1. The Morgan fingerprint density at radius 1 is 1.40 bits per heavy atom. The molecular weight excluding hydrogens is 439 g/mol. The van der Waals surface area contributed by atoms with Crippen LogP contribution in [-0.4, -0.2) is 42.3 Å². The summed E-state index contributed by atoms with van der Waals surface area (Å²) in [6.45, 7) is 5.96. The van der Waals surface area contributed by atoms with E-state index in [2.05, 4.69) is 5.32 Å². The van der Waals surface area contributed by atoms with Gasteiger partial charge >= 0.3 is 12.0 Å². The molecule has 2 N–H and O–H groups in total. The van der Waals surface area contributed by atoms with Crippen molar-refractivity contribution in [3.8, 4) is 11.5 Å². The highest BCUT2D eigenvalue weighted by Gasteiger charge is 2.36. The number of methoxy groups -OCH3 is 1. The molecule has 7 nitrogen and oxygen atoms in total. The van der Waals surface area contributed by atoms with Crippen LogP contribution in [0.25, 0.3) is 0 Å². The number of ether oxygens (including phenoxy) is 2. The molecule has 25 heavy (non-hydrogen) atoms. The Kier molecular flexibility index (Phi) is 6.15. The highest BCUT2D eigenvalue weighted by atomic mass is 127. The van der Waals surface area contributed by atoms with E-state index in [4.69, 9.17) is 9.47 Å². The first-order valence-electron chi connectivity index (χ1n) is 7.87. The summed E-state index contributed by atoms with van der Waals surface area (Å²) in [7, 11) is 1.44. The zero-order valence-electron chi connectivity index (χ0n) is 14.6. The van der Waals surface area contributed by atoms with Crippen LogP contribution in [0.4, 0.5) is 4.79 Å². The first-order chi connectivity index (χ1) is 11.8. The molecule has 0 saturated heterocycles. The van der Waals surface area contributed by atoms with Gasteiger partial charge in [-0.15, -0.1) is 0 Å². The summed E-state index contributed by atoms with van der Waals surface area (Å²) in [5, 5.41) is 12.9. The number of carbonyl (C=O) groups excluding carboxylic acids is 2. The first-order valence-corrected chi connectivity index (χ1v) is 8.95. The van der Waals surface area contributed by atoms with Gasteiger partial charge in [0.1, 0.15) is 0 Å². The number of phenols is 1. The largest absolute Gasteiger partial charge is 0.504 e. The molecule has 0 radical (unpaired) electrons. The van der Waals surface area contributed by atoms with E-state index < -0.39 is 12.0 Å². The minimum Gasteiger partial charge on any atom is -0.504 e. The lowest BCUT2D eigenvalue weighted by Gasteiger charge is -2.35. The number of nitrogens with zero attached hydrogens (tertiary/aromatic N) is 1. The third-order valence-electron chi connectivity index (χ3n) is 4.01. The predicted molar refractivity (Wildman–Crippen MR) is 100 cm³/mol. The van der Waals surface area contributed by atoms with E-state index in [0.717, 1.165) is 0 Å². The van der Waals surface area contributed by atoms with Crippen molar-refractivity contribution in [2.45, 2.75) is 26.8 Å². The van der Waals surface area contributed by atoms with Crippen LogP contribution in [0.1, 0.15) is 32.4 Å². The van der Waals surface area contributed by atoms with E-state index in [0.29, 0.717) is 26.9 Å². The molecule has 2 rings (SSSR count). The van der Waals surface area contributed by atoms with Crippen LogP contribution in [0.5, 0.6) is 11.5 Å². The van der Waals surface area contributed by atoms with E-state index in [9.17, 15) is 14.7 Å². The van der Waals surface area contributed by atoms with Gasteiger partial charge in [-0.2, -0.15) is 0 Å². The minimum absolute atomic E-state index is 0.0163. The number of halogens is 1. The maximum absolute atomic E-state index is 12.5. The molecule has 1 aliphatic heterocycles. The summed E-state index contributed by atoms with van der Waals surface area (Å²) in [5.74, 6) is -0.192. The Morgan fingerprint density at radius 2 is 2.08 bits per heavy atom. The van der Waals surface area contributed by atoms with Crippen molar-refractivity contribution in [3.05, 3.63) is 32.5 Å². The van der Waals surface area contributed by atoms with Gasteiger partial charge < -0.3 is 19.9 Å². The minimum atomic E-state index is -0.683. The number of nitrogens with one attached hydrogen (secondary N) is 1. The Labute approximate surface area is 160 Å². The third kappa shape index (κ3) is 3.68. The molecule has 1 aliphatic rings. The van der Waals surface area contributed by atoms with E-state index >= 15 is 0 Å². The number of hydrogen-bond donors (Lipinski definition) is 2. The Hall–Kier alpha value is -1.97. The zero-order valence-corrected chi connectivity index (χ0v) is 16.7. The molecule has 0 saturated carbocycles. The second-order valence-corrected chi connectivity index (χ2v) is 6.56. The van der Waals surface area contributed by atoms with Crippen LogP contribution in [0, 0.1) is 3.57 Å². The van der Waals surface area contributed by atoms with Gasteiger partial charge in [0.25, 0.3) is 0 Å². The number of phenolic OH excluding ortho intramolecular Hbond substituents is 1. The average Bonchev–Trinajstić information content (AvgIpc) is 2.57. The van der Waals surface area contributed by atoms with Gasteiger partial charge in [-0.05, 0) is 61.1 Å². The molecule has 1 aromatic rings. The second-order valence-electron chi connectivity index (χ2n) is 5.40. The van der Waals surface area contributed by atoms with Gasteiger partial charge in [0, 0.05) is 12.2 Å². The van der Waals surface area contributed by atoms with Crippen LogP contribution in [-0.2, 0) is 9.53 Å². The summed E-state index contributed by atoms with van der Waals surface area (Å²) in [6.07, 6.45) is 0. The monoisotopic (exact) mass is 460 g/mol. The molecule has 0 fully saturated rings. The first kappa shape index (κ1) is 19.4. The number of urea groups is 1. The van der Waals surface area contributed by atoms with Crippen LogP contribution < -0.4 is 10.1 Å². The number of allylic oxidation sites excluding steroid dienone is 1. The van der Waals surface area contributed by atoms with Crippen molar-refractivity contribution in [3.63, 3.8) is 0 Å². The Bertz CT molecular complexity index is 732. The van der Waals surface area contributed by atoms with E-state index in [1.54, 1.807) is 26.0 Å². The molecule has 1 aromatic carbocycles. The highest BCUT2D eigenvalue weighted by Crippen LogP contribution is 2.38. The fourth-order valence-corrected chi connectivity index (χ4v) is 3.43. The highest BCUT2D eigenvalue weighted by molar-refractivity contribution is 14.1. The number of aromatic hydroxyl groups is 1. The average molecular weight is 460 g/mol. The molecule has 8 heteroatoms. The smallest absolute Gasteiger partial charge is 0.338 e. The molecule has 1 heterocycles. The Morgan fingerprint density at radius 3 is 2.64 bits per heavy atom. The van der Waals surface area contributed by atoms with Gasteiger partial charge in [0.2, 0.25) is 0 Å². The lowest BCUT2D eigenvalue weighted by molar-refractivity contribution is -0.139. The lowest BCUT2D eigenvalue weighted by atomic mass is 9.94. The van der Waals surface area contributed by atoms with Gasteiger partial charge in [0.05, 0.1) is 28.9 Å². The molecule has 136 valence electrons. The summed E-state index contributed by atoms with van der Waals surface area (Å²) < 4.78 is 10.9. The van der Waals surface area contributed by atoms with Gasteiger partial charge in [-0.25, -0.2) is 9.59 Å². The van der Waals surface area contributed by atoms with E-state index in [-0.39, 0.29) is 24.1 Å². The standard InChI is InChI=1S/C17H21IN2O5/c1-5-20-9(3)13(16(22)25-6-2)14(19-17(20)23)10-7-11(18)15(21)12(8-10)24-4/h7-8,14,21H,5-6H2,1-4H3,(H,19,23). The van der Waals surface area contributed by atoms with Gasteiger partial charge in [0.15, 0.2) is 11.5 Å². The molecule has 0 spiro atoms. The van der Waals surface area contributed by atoms with Crippen LogP contribution in [0.3, 0.4) is 0 Å². The SMILES string of the molecule is CCOC(=O)C1=C(C)N(CC)C(=O)NC1c1cc(I)c(O)c(OC)c1. The van der Waals surface area contributed by atoms with Gasteiger partial charge in [-0.1, -0.05) is 0 Å². The molecule has 0 bridgehead atoms. The van der Waals surface area contributed by atoms with Gasteiger partial charge in [-0.3, -0.25) is 4.90 Å². The maximum Gasteiger partial charge on any atom is 0.338 e. The van der Waals surface area contributed by atoms with E-state index in [1.165, 1.54) is 12.0 Å². The molecular formula is C17H21IN2O5. The fraction of sp³-hybridized carbons (Fsp3) is 0.412. The van der Waals surface area contributed by atoms with E-state index in [1.807, 2.05) is 29.5 Å². The van der Waals surface area contributed by atoms with Crippen molar-refractivity contribution in [2.24, 2.45) is 0 Å². The van der Waals surface area contributed by atoms with Crippen LogP contribution in [0.2, 0.25) is 0 Å². The summed E-state index contributed by atoms with van der Waals surface area (Å²) in [6, 6.07) is 2.34. The molecule has 1 atom stereocenters. The van der Waals surface area contributed by atoms with Crippen molar-refractivity contribution < 1.29 is 24.2 Å². The molecule has 2 amide bonds. The number of carbonyl (C=O) groups is 2. The normalized spacial score (nSPS) is 17.4. The molecule has 0 aliphatic carbocycles. The van der Waals surface area contributed by atoms with Crippen molar-refractivity contribution in [1.29, 1.82) is 0 Å².